The molecule has 0 aliphatic rings. The summed E-state index contributed by atoms with van der Waals surface area (Å²) in [6, 6.07) is 16.5. The van der Waals surface area contributed by atoms with Crippen LogP contribution in [0.1, 0.15) is 11.1 Å². The number of amides is 1. The van der Waals surface area contributed by atoms with E-state index in [-0.39, 0.29) is 18.4 Å². The molecule has 0 fully saturated rings. The van der Waals surface area contributed by atoms with E-state index < -0.39 is 0 Å². The van der Waals surface area contributed by atoms with Gasteiger partial charge >= 0.3 is 0 Å². The predicted molar refractivity (Wildman–Crippen MR) is 107 cm³/mol. The van der Waals surface area contributed by atoms with Crippen molar-refractivity contribution in [2.45, 2.75) is 13.8 Å². The molecular weight excluding hydrogens is 370 g/mol. The highest BCUT2D eigenvalue weighted by Crippen LogP contribution is 2.28. The van der Waals surface area contributed by atoms with Gasteiger partial charge in [-0.1, -0.05) is 23.4 Å². The van der Waals surface area contributed by atoms with E-state index in [1.165, 1.54) is 6.26 Å². The van der Waals surface area contributed by atoms with Gasteiger partial charge in [-0.05, 0) is 61.4 Å². The standard InChI is InChI=1S/C22H19N3O4/c1-14-10-15(2)12-16(11-14)28-13-20(26)23-18-7-4-3-6-17(18)22-24-21(25-29-22)19-8-5-9-27-19/h3-12H,13H2,1-2H3,(H,23,26). The molecule has 4 rings (SSSR count). The van der Waals surface area contributed by atoms with Crippen molar-refractivity contribution in [2.75, 3.05) is 11.9 Å². The number of aromatic nitrogens is 2. The monoisotopic (exact) mass is 389 g/mol. The number of carbonyl (C=O) groups excluding carboxylic acids is 1. The van der Waals surface area contributed by atoms with E-state index in [4.69, 9.17) is 13.7 Å². The highest BCUT2D eigenvalue weighted by atomic mass is 16.5. The molecule has 0 atom stereocenters. The van der Waals surface area contributed by atoms with Crippen LogP contribution in [0.15, 0.2) is 69.8 Å². The molecular formula is C22H19N3O4. The van der Waals surface area contributed by atoms with Crippen molar-refractivity contribution >= 4 is 11.6 Å². The Balaban J connectivity index is 1.47. The summed E-state index contributed by atoms with van der Waals surface area (Å²) in [5.74, 6) is 1.49. The summed E-state index contributed by atoms with van der Waals surface area (Å²) in [6.45, 7) is 3.85. The minimum atomic E-state index is -0.289. The van der Waals surface area contributed by atoms with E-state index in [0.29, 0.717) is 28.6 Å². The van der Waals surface area contributed by atoms with Gasteiger partial charge in [0.15, 0.2) is 12.4 Å². The zero-order chi connectivity index (χ0) is 20.2. The number of carbonyl (C=O) groups is 1. The van der Waals surface area contributed by atoms with Gasteiger partial charge in [0.2, 0.25) is 5.82 Å². The van der Waals surface area contributed by atoms with Gasteiger partial charge in [-0.15, -0.1) is 0 Å². The van der Waals surface area contributed by atoms with Gasteiger partial charge in [-0.25, -0.2) is 0 Å². The molecule has 1 N–H and O–H groups in total. The third-order valence-corrected chi connectivity index (χ3v) is 4.16. The van der Waals surface area contributed by atoms with Crippen LogP contribution in [0.4, 0.5) is 5.69 Å². The minimum absolute atomic E-state index is 0.112. The Morgan fingerprint density at radius 3 is 2.62 bits per heavy atom. The molecule has 0 spiro atoms. The van der Waals surface area contributed by atoms with Crippen LogP contribution in [0.2, 0.25) is 0 Å². The smallest absolute Gasteiger partial charge is 0.262 e. The van der Waals surface area contributed by atoms with Crippen molar-refractivity contribution in [2.24, 2.45) is 0 Å². The molecule has 2 aromatic heterocycles. The number of anilines is 1. The van der Waals surface area contributed by atoms with E-state index >= 15 is 0 Å². The molecule has 1 amide bonds. The van der Waals surface area contributed by atoms with Crippen LogP contribution in [-0.4, -0.2) is 22.7 Å². The van der Waals surface area contributed by atoms with Gasteiger partial charge in [0.25, 0.3) is 11.8 Å². The van der Waals surface area contributed by atoms with E-state index in [0.717, 1.165) is 11.1 Å². The van der Waals surface area contributed by atoms with Crippen LogP contribution in [-0.2, 0) is 4.79 Å². The number of furan rings is 1. The summed E-state index contributed by atoms with van der Waals surface area (Å²) in [6.07, 6.45) is 1.54. The molecule has 0 saturated heterocycles. The molecule has 2 heterocycles. The number of nitrogens with zero attached hydrogens (tertiary/aromatic N) is 2. The Labute approximate surface area is 167 Å². The van der Waals surface area contributed by atoms with Crippen LogP contribution in [0.25, 0.3) is 23.0 Å². The molecule has 7 heteroatoms. The maximum absolute atomic E-state index is 12.4. The second-order valence-corrected chi connectivity index (χ2v) is 6.61. The molecule has 2 aromatic carbocycles. The minimum Gasteiger partial charge on any atom is -0.484 e. The van der Waals surface area contributed by atoms with Gasteiger partial charge in [0, 0.05) is 0 Å². The average Bonchev–Trinajstić information content (AvgIpc) is 3.38. The highest BCUT2D eigenvalue weighted by Gasteiger charge is 2.16. The molecule has 0 radical (unpaired) electrons. The molecule has 0 aliphatic carbocycles. The van der Waals surface area contributed by atoms with Crippen LogP contribution >= 0.6 is 0 Å². The van der Waals surface area contributed by atoms with Gasteiger partial charge in [0.05, 0.1) is 17.5 Å². The van der Waals surface area contributed by atoms with Crippen LogP contribution in [0.3, 0.4) is 0 Å². The van der Waals surface area contributed by atoms with Crippen LogP contribution in [0.5, 0.6) is 5.75 Å². The molecule has 29 heavy (non-hydrogen) atoms. The van der Waals surface area contributed by atoms with Crippen molar-refractivity contribution in [3.05, 3.63) is 72.0 Å². The zero-order valence-electron chi connectivity index (χ0n) is 16.0. The lowest BCUT2D eigenvalue weighted by molar-refractivity contribution is -0.118. The largest absolute Gasteiger partial charge is 0.484 e. The lowest BCUT2D eigenvalue weighted by Gasteiger charge is -2.10. The Morgan fingerprint density at radius 2 is 1.86 bits per heavy atom. The molecule has 0 bridgehead atoms. The molecule has 146 valence electrons. The number of rotatable bonds is 6. The first-order valence-electron chi connectivity index (χ1n) is 9.06. The van der Waals surface area contributed by atoms with E-state index in [1.807, 2.05) is 44.2 Å². The van der Waals surface area contributed by atoms with Crippen molar-refractivity contribution < 1.29 is 18.5 Å². The third-order valence-electron chi connectivity index (χ3n) is 4.16. The third kappa shape index (κ3) is 4.35. The van der Waals surface area contributed by atoms with E-state index in [1.54, 1.807) is 24.3 Å². The Bertz CT molecular complexity index is 1110. The average molecular weight is 389 g/mol. The first kappa shape index (κ1) is 18.5. The lowest BCUT2D eigenvalue weighted by Crippen LogP contribution is -2.20. The van der Waals surface area contributed by atoms with E-state index in [9.17, 15) is 4.79 Å². The maximum atomic E-state index is 12.4. The SMILES string of the molecule is Cc1cc(C)cc(OCC(=O)Nc2ccccc2-c2nc(-c3ccco3)no2)c1. The summed E-state index contributed by atoms with van der Waals surface area (Å²) >= 11 is 0. The van der Waals surface area contributed by atoms with Crippen molar-refractivity contribution in [3.63, 3.8) is 0 Å². The maximum Gasteiger partial charge on any atom is 0.262 e. The van der Waals surface area contributed by atoms with E-state index in [2.05, 4.69) is 15.5 Å². The van der Waals surface area contributed by atoms with Crippen molar-refractivity contribution in [1.29, 1.82) is 0 Å². The quantitative estimate of drug-likeness (QED) is 0.517. The first-order valence-corrected chi connectivity index (χ1v) is 9.06. The highest BCUT2D eigenvalue weighted by molar-refractivity contribution is 5.95. The second-order valence-electron chi connectivity index (χ2n) is 6.61. The van der Waals surface area contributed by atoms with Gasteiger partial charge in [0.1, 0.15) is 5.75 Å². The predicted octanol–water partition coefficient (Wildman–Crippen LogP) is 4.63. The fourth-order valence-corrected chi connectivity index (χ4v) is 2.97. The first-order chi connectivity index (χ1) is 14.1. The van der Waals surface area contributed by atoms with Crippen molar-refractivity contribution in [3.8, 4) is 28.8 Å². The fourth-order valence-electron chi connectivity index (χ4n) is 2.97. The summed E-state index contributed by atoms with van der Waals surface area (Å²) in [5, 5.41) is 6.77. The molecule has 0 aliphatic heterocycles. The number of para-hydroxylation sites is 1. The second kappa shape index (κ2) is 8.02. The van der Waals surface area contributed by atoms with Gasteiger partial charge in [-0.3, -0.25) is 4.79 Å². The number of hydrogen-bond acceptors (Lipinski definition) is 6. The molecule has 0 unspecified atom stereocenters. The fraction of sp³-hybridized carbons (Fsp3) is 0.136. The lowest BCUT2D eigenvalue weighted by atomic mass is 10.1. The molecule has 7 nitrogen and oxygen atoms in total. The van der Waals surface area contributed by atoms with Gasteiger partial charge < -0.3 is 19.0 Å². The number of hydrogen-bond donors (Lipinski definition) is 1. The Hall–Kier alpha value is -3.87. The molecule has 0 saturated carbocycles. The van der Waals surface area contributed by atoms with Gasteiger partial charge in [-0.2, -0.15) is 4.98 Å². The summed E-state index contributed by atoms with van der Waals surface area (Å²) < 4.78 is 16.3. The summed E-state index contributed by atoms with van der Waals surface area (Å²) in [4.78, 5) is 16.8. The number of aryl methyl sites for hydroxylation is 2. The zero-order valence-corrected chi connectivity index (χ0v) is 16.0. The topological polar surface area (TPSA) is 90.4 Å². The Morgan fingerprint density at radius 1 is 1.07 bits per heavy atom. The summed E-state index contributed by atoms with van der Waals surface area (Å²) in [7, 11) is 0. The van der Waals surface area contributed by atoms with Crippen molar-refractivity contribution in [1.82, 2.24) is 10.1 Å². The summed E-state index contributed by atoms with van der Waals surface area (Å²) in [5.41, 5.74) is 3.32. The molecule has 4 aromatic rings. The van der Waals surface area contributed by atoms with Crippen LogP contribution in [0, 0.1) is 13.8 Å². The Kier molecular flexibility index (Phi) is 5.11. The van der Waals surface area contributed by atoms with Crippen LogP contribution < -0.4 is 10.1 Å². The number of ether oxygens (including phenoxy) is 1. The number of benzene rings is 2. The normalized spacial score (nSPS) is 10.7. The number of nitrogens with one attached hydrogen (secondary N) is 1.